The van der Waals surface area contributed by atoms with Crippen molar-refractivity contribution in [2.45, 2.75) is 19.9 Å². The molecule has 1 aliphatic rings. The molecule has 3 rings (SSSR count). The standard InChI is InChI=1S/C14H18FN5/c1-9-7-11(3-4-12(9)15)13-17-14(19-18-13)20-6-5-16-10(2)8-20/h3-4,7,10,16H,5-6,8H2,1-2H3,(H,17,18,19). The largest absolute Gasteiger partial charge is 0.337 e. The van der Waals surface area contributed by atoms with E-state index in [-0.39, 0.29) is 5.82 Å². The second-order valence-electron chi connectivity index (χ2n) is 5.25. The van der Waals surface area contributed by atoms with Crippen molar-refractivity contribution < 1.29 is 4.39 Å². The van der Waals surface area contributed by atoms with Crippen LogP contribution in [0.25, 0.3) is 11.4 Å². The van der Waals surface area contributed by atoms with E-state index in [2.05, 4.69) is 32.3 Å². The summed E-state index contributed by atoms with van der Waals surface area (Å²) in [5.74, 6) is 1.18. The first-order chi connectivity index (χ1) is 9.63. The first kappa shape index (κ1) is 13.1. The molecule has 1 aliphatic heterocycles. The highest BCUT2D eigenvalue weighted by molar-refractivity contribution is 5.57. The van der Waals surface area contributed by atoms with E-state index >= 15 is 0 Å². The maximum atomic E-state index is 13.3. The number of benzene rings is 1. The fourth-order valence-corrected chi connectivity index (χ4v) is 2.43. The van der Waals surface area contributed by atoms with Crippen molar-refractivity contribution in [3.8, 4) is 11.4 Å². The van der Waals surface area contributed by atoms with E-state index in [9.17, 15) is 4.39 Å². The maximum absolute atomic E-state index is 13.3. The Kier molecular flexibility index (Phi) is 3.40. The maximum Gasteiger partial charge on any atom is 0.245 e. The number of anilines is 1. The van der Waals surface area contributed by atoms with Crippen LogP contribution in [0.3, 0.4) is 0 Å². The summed E-state index contributed by atoms with van der Waals surface area (Å²) in [4.78, 5) is 6.67. The number of aromatic nitrogens is 3. The van der Waals surface area contributed by atoms with Crippen molar-refractivity contribution in [2.75, 3.05) is 24.5 Å². The lowest BCUT2D eigenvalue weighted by molar-refractivity contribution is 0.480. The Hall–Kier alpha value is -1.95. The summed E-state index contributed by atoms with van der Waals surface area (Å²) in [5.41, 5.74) is 1.46. The number of hydrogen-bond acceptors (Lipinski definition) is 4. The Morgan fingerprint density at radius 3 is 3.00 bits per heavy atom. The molecule has 0 amide bonds. The molecule has 2 N–H and O–H groups in total. The molecule has 6 heteroatoms. The van der Waals surface area contributed by atoms with Crippen molar-refractivity contribution in [3.63, 3.8) is 0 Å². The smallest absolute Gasteiger partial charge is 0.245 e. The van der Waals surface area contributed by atoms with E-state index in [0.717, 1.165) is 25.2 Å². The Labute approximate surface area is 117 Å². The molecular formula is C14H18FN5. The molecule has 0 spiro atoms. The van der Waals surface area contributed by atoms with E-state index in [1.54, 1.807) is 19.1 Å². The van der Waals surface area contributed by atoms with Gasteiger partial charge in [0.15, 0.2) is 5.82 Å². The summed E-state index contributed by atoms with van der Waals surface area (Å²) < 4.78 is 13.3. The minimum Gasteiger partial charge on any atom is -0.337 e. The topological polar surface area (TPSA) is 56.8 Å². The number of aryl methyl sites for hydroxylation is 1. The van der Waals surface area contributed by atoms with Crippen LogP contribution in [-0.4, -0.2) is 40.9 Å². The van der Waals surface area contributed by atoms with Gasteiger partial charge in [-0.25, -0.2) is 4.39 Å². The molecular weight excluding hydrogens is 257 g/mol. The second-order valence-corrected chi connectivity index (χ2v) is 5.25. The molecule has 20 heavy (non-hydrogen) atoms. The SMILES string of the molecule is Cc1cc(-c2nc(N3CCNC(C)C3)n[nH]2)ccc1F. The van der Waals surface area contributed by atoms with Gasteiger partial charge in [-0.2, -0.15) is 4.98 Å². The Bertz CT molecular complexity index is 609. The average Bonchev–Trinajstić information content (AvgIpc) is 2.92. The molecule has 1 aromatic carbocycles. The number of H-pyrrole nitrogens is 1. The molecule has 1 saturated heterocycles. The quantitative estimate of drug-likeness (QED) is 0.876. The number of hydrogen-bond donors (Lipinski definition) is 2. The van der Waals surface area contributed by atoms with Gasteiger partial charge in [0.05, 0.1) is 0 Å². The number of nitrogens with zero attached hydrogens (tertiary/aromatic N) is 3. The fourth-order valence-electron chi connectivity index (χ4n) is 2.43. The van der Waals surface area contributed by atoms with E-state index < -0.39 is 0 Å². The van der Waals surface area contributed by atoms with Crippen LogP contribution in [0.2, 0.25) is 0 Å². The van der Waals surface area contributed by atoms with Gasteiger partial charge < -0.3 is 10.2 Å². The predicted molar refractivity (Wildman–Crippen MR) is 76.2 cm³/mol. The number of halogens is 1. The number of nitrogens with one attached hydrogen (secondary N) is 2. The molecule has 0 bridgehead atoms. The van der Waals surface area contributed by atoms with Crippen molar-refractivity contribution in [3.05, 3.63) is 29.6 Å². The molecule has 1 aromatic heterocycles. The molecule has 1 fully saturated rings. The van der Waals surface area contributed by atoms with Crippen molar-refractivity contribution in [1.29, 1.82) is 0 Å². The zero-order valence-corrected chi connectivity index (χ0v) is 11.7. The fraction of sp³-hybridized carbons (Fsp3) is 0.429. The third-order valence-corrected chi connectivity index (χ3v) is 3.56. The van der Waals surface area contributed by atoms with Crippen LogP contribution in [0, 0.1) is 12.7 Å². The van der Waals surface area contributed by atoms with Crippen LogP contribution in [0.1, 0.15) is 12.5 Å². The van der Waals surface area contributed by atoms with Crippen molar-refractivity contribution in [2.24, 2.45) is 0 Å². The van der Waals surface area contributed by atoms with Gasteiger partial charge in [-0.1, -0.05) is 0 Å². The summed E-state index contributed by atoms with van der Waals surface area (Å²) in [6.45, 7) is 6.60. The van der Waals surface area contributed by atoms with Gasteiger partial charge in [-0.05, 0) is 37.6 Å². The lowest BCUT2D eigenvalue weighted by atomic mass is 10.1. The highest BCUT2D eigenvalue weighted by atomic mass is 19.1. The second kappa shape index (κ2) is 5.20. The van der Waals surface area contributed by atoms with Crippen LogP contribution < -0.4 is 10.2 Å². The number of piperazine rings is 1. The number of aromatic amines is 1. The van der Waals surface area contributed by atoms with E-state index in [0.29, 0.717) is 23.4 Å². The van der Waals surface area contributed by atoms with Gasteiger partial charge in [-0.15, -0.1) is 5.10 Å². The normalized spacial score (nSPS) is 19.4. The monoisotopic (exact) mass is 275 g/mol. The highest BCUT2D eigenvalue weighted by Crippen LogP contribution is 2.20. The van der Waals surface area contributed by atoms with Gasteiger partial charge in [0.2, 0.25) is 5.95 Å². The van der Waals surface area contributed by atoms with Gasteiger partial charge >= 0.3 is 0 Å². The van der Waals surface area contributed by atoms with Crippen LogP contribution in [0.15, 0.2) is 18.2 Å². The van der Waals surface area contributed by atoms with Crippen LogP contribution >= 0.6 is 0 Å². The molecule has 0 saturated carbocycles. The summed E-state index contributed by atoms with van der Waals surface area (Å²) in [6.07, 6.45) is 0. The Morgan fingerprint density at radius 2 is 2.25 bits per heavy atom. The lowest BCUT2D eigenvalue weighted by Crippen LogP contribution is -2.49. The van der Waals surface area contributed by atoms with Crippen LogP contribution in [-0.2, 0) is 0 Å². The van der Waals surface area contributed by atoms with Crippen LogP contribution in [0.5, 0.6) is 0 Å². The van der Waals surface area contributed by atoms with Gasteiger partial charge in [0.25, 0.3) is 0 Å². The molecule has 2 heterocycles. The molecule has 1 atom stereocenters. The van der Waals surface area contributed by atoms with Gasteiger partial charge in [-0.3, -0.25) is 5.10 Å². The third kappa shape index (κ3) is 2.51. The summed E-state index contributed by atoms with van der Waals surface area (Å²) in [5, 5.41) is 10.6. The zero-order chi connectivity index (χ0) is 14.1. The Balaban J connectivity index is 1.84. The van der Waals surface area contributed by atoms with Crippen molar-refractivity contribution in [1.82, 2.24) is 20.5 Å². The van der Waals surface area contributed by atoms with E-state index in [1.807, 2.05) is 0 Å². The van der Waals surface area contributed by atoms with Crippen molar-refractivity contribution >= 4 is 5.95 Å². The first-order valence-corrected chi connectivity index (χ1v) is 6.81. The van der Waals surface area contributed by atoms with Gasteiger partial charge in [0.1, 0.15) is 5.82 Å². The summed E-state index contributed by atoms with van der Waals surface area (Å²) >= 11 is 0. The van der Waals surface area contributed by atoms with Gasteiger partial charge in [0, 0.05) is 31.2 Å². The summed E-state index contributed by atoms with van der Waals surface area (Å²) in [7, 11) is 0. The zero-order valence-electron chi connectivity index (χ0n) is 11.7. The third-order valence-electron chi connectivity index (χ3n) is 3.56. The minimum atomic E-state index is -0.204. The molecule has 2 aromatic rings. The van der Waals surface area contributed by atoms with Crippen LogP contribution in [0.4, 0.5) is 10.3 Å². The average molecular weight is 275 g/mol. The molecule has 106 valence electrons. The first-order valence-electron chi connectivity index (χ1n) is 6.81. The molecule has 1 unspecified atom stereocenters. The highest BCUT2D eigenvalue weighted by Gasteiger charge is 2.19. The summed E-state index contributed by atoms with van der Waals surface area (Å²) in [6, 6.07) is 5.38. The molecule has 5 nitrogen and oxygen atoms in total. The van der Waals surface area contributed by atoms with E-state index in [4.69, 9.17) is 0 Å². The lowest BCUT2D eigenvalue weighted by Gasteiger charge is -2.30. The Morgan fingerprint density at radius 1 is 1.40 bits per heavy atom. The predicted octanol–water partition coefficient (Wildman–Crippen LogP) is 1.72. The molecule has 0 radical (unpaired) electrons. The number of rotatable bonds is 2. The van der Waals surface area contributed by atoms with E-state index in [1.165, 1.54) is 6.07 Å². The molecule has 0 aliphatic carbocycles. The minimum absolute atomic E-state index is 0.204.